The molecule has 1 aliphatic heterocycles. The van der Waals surface area contributed by atoms with Gasteiger partial charge in [0, 0.05) is 18.6 Å². The maximum absolute atomic E-state index is 13.7. The topological polar surface area (TPSA) is 87.7 Å². The second-order valence-corrected chi connectivity index (χ2v) is 4.98. The highest BCUT2D eigenvalue weighted by atomic mass is 19.1. The zero-order chi connectivity index (χ0) is 15.4. The first kappa shape index (κ1) is 15.2. The lowest BCUT2D eigenvalue weighted by molar-refractivity contribution is 0.0697. The van der Waals surface area contributed by atoms with Gasteiger partial charge < -0.3 is 20.5 Å². The molecule has 0 aliphatic carbocycles. The third-order valence-corrected chi connectivity index (χ3v) is 3.51. The first-order valence-corrected chi connectivity index (χ1v) is 6.66. The van der Waals surface area contributed by atoms with E-state index in [1.54, 1.807) is 0 Å². The number of para-hydroxylation sites is 1. The number of aromatic carboxylic acids is 1. The molecule has 7 heteroatoms. The first-order chi connectivity index (χ1) is 9.99. The molecular formula is C14H17FN2O4. The number of ether oxygens (including phenoxy) is 1. The van der Waals surface area contributed by atoms with Crippen LogP contribution in [0.4, 0.5) is 14.9 Å². The van der Waals surface area contributed by atoms with Crippen LogP contribution in [0.15, 0.2) is 18.2 Å². The Morgan fingerprint density at radius 1 is 1.48 bits per heavy atom. The zero-order valence-corrected chi connectivity index (χ0v) is 11.6. The van der Waals surface area contributed by atoms with Gasteiger partial charge in [-0.15, -0.1) is 0 Å². The van der Waals surface area contributed by atoms with Crippen molar-refractivity contribution in [2.45, 2.75) is 19.4 Å². The standard InChI is InChI=1S/C14H17FN2O4/c1-8(9-5-6-21-7-9)16-14(20)17-12-10(13(18)19)3-2-4-11(12)15/h2-4,8-9H,5-7H2,1H3,(H,18,19)(H2,16,17,20). The quantitative estimate of drug-likeness (QED) is 0.793. The van der Waals surface area contributed by atoms with E-state index in [-0.39, 0.29) is 23.2 Å². The highest BCUT2D eigenvalue weighted by molar-refractivity contribution is 6.00. The molecule has 0 radical (unpaired) electrons. The largest absolute Gasteiger partial charge is 0.478 e. The van der Waals surface area contributed by atoms with Gasteiger partial charge in [-0.05, 0) is 25.5 Å². The van der Waals surface area contributed by atoms with E-state index in [1.807, 2.05) is 6.92 Å². The van der Waals surface area contributed by atoms with E-state index in [0.29, 0.717) is 13.2 Å². The Labute approximate surface area is 121 Å². The summed E-state index contributed by atoms with van der Waals surface area (Å²) in [5.74, 6) is -1.89. The highest BCUT2D eigenvalue weighted by Crippen LogP contribution is 2.20. The van der Waals surface area contributed by atoms with Gasteiger partial charge >= 0.3 is 12.0 Å². The fourth-order valence-electron chi connectivity index (χ4n) is 2.25. The Kier molecular flexibility index (Phi) is 4.74. The predicted molar refractivity (Wildman–Crippen MR) is 73.9 cm³/mol. The molecule has 2 unspecified atom stereocenters. The minimum Gasteiger partial charge on any atom is -0.478 e. The minimum absolute atomic E-state index is 0.146. The number of amides is 2. The number of urea groups is 1. The summed E-state index contributed by atoms with van der Waals surface area (Å²) in [6, 6.07) is 2.82. The Bertz CT molecular complexity index is 544. The Morgan fingerprint density at radius 2 is 2.24 bits per heavy atom. The first-order valence-electron chi connectivity index (χ1n) is 6.66. The number of hydrogen-bond donors (Lipinski definition) is 3. The fourth-order valence-corrected chi connectivity index (χ4v) is 2.25. The summed E-state index contributed by atoms with van der Waals surface area (Å²) in [6.07, 6.45) is 0.849. The lowest BCUT2D eigenvalue weighted by Crippen LogP contribution is -2.41. The van der Waals surface area contributed by atoms with Crippen LogP contribution in [0.2, 0.25) is 0 Å². The molecular weight excluding hydrogens is 279 g/mol. The summed E-state index contributed by atoms with van der Waals surface area (Å²) in [5.41, 5.74) is -0.626. The van der Waals surface area contributed by atoms with Crippen molar-refractivity contribution in [3.63, 3.8) is 0 Å². The molecule has 2 rings (SSSR count). The molecule has 114 valence electrons. The minimum atomic E-state index is -1.30. The molecule has 0 aromatic heterocycles. The number of carboxylic acids is 1. The Hall–Kier alpha value is -2.15. The van der Waals surface area contributed by atoms with Crippen molar-refractivity contribution in [3.8, 4) is 0 Å². The summed E-state index contributed by atoms with van der Waals surface area (Å²) < 4.78 is 18.9. The number of carbonyl (C=O) groups is 2. The molecule has 1 aliphatic rings. The number of rotatable bonds is 4. The molecule has 1 saturated heterocycles. The van der Waals surface area contributed by atoms with Crippen molar-refractivity contribution in [2.24, 2.45) is 5.92 Å². The lowest BCUT2D eigenvalue weighted by Gasteiger charge is -2.20. The van der Waals surface area contributed by atoms with Crippen molar-refractivity contribution in [2.75, 3.05) is 18.5 Å². The van der Waals surface area contributed by atoms with Crippen LogP contribution in [-0.2, 0) is 4.74 Å². The van der Waals surface area contributed by atoms with Crippen LogP contribution in [0.25, 0.3) is 0 Å². The molecule has 0 saturated carbocycles. The van der Waals surface area contributed by atoms with E-state index < -0.39 is 17.8 Å². The zero-order valence-electron chi connectivity index (χ0n) is 11.6. The third-order valence-electron chi connectivity index (χ3n) is 3.51. The molecule has 1 fully saturated rings. The van der Waals surface area contributed by atoms with Gasteiger partial charge in [-0.1, -0.05) is 6.07 Å². The normalized spacial score (nSPS) is 19.0. The molecule has 1 aromatic rings. The summed E-state index contributed by atoms with van der Waals surface area (Å²) in [5, 5.41) is 13.9. The molecule has 1 heterocycles. The predicted octanol–water partition coefficient (Wildman–Crippen LogP) is 2.07. The van der Waals surface area contributed by atoms with Gasteiger partial charge in [0.15, 0.2) is 0 Å². The molecule has 21 heavy (non-hydrogen) atoms. The van der Waals surface area contributed by atoms with Crippen LogP contribution in [0.5, 0.6) is 0 Å². The second-order valence-electron chi connectivity index (χ2n) is 4.98. The number of hydrogen-bond acceptors (Lipinski definition) is 3. The number of benzene rings is 1. The lowest BCUT2D eigenvalue weighted by atomic mass is 10.0. The van der Waals surface area contributed by atoms with Crippen molar-refractivity contribution in [3.05, 3.63) is 29.6 Å². The fraction of sp³-hybridized carbons (Fsp3) is 0.429. The van der Waals surface area contributed by atoms with Gasteiger partial charge in [0.2, 0.25) is 0 Å². The van der Waals surface area contributed by atoms with E-state index in [9.17, 15) is 14.0 Å². The van der Waals surface area contributed by atoms with Gasteiger partial charge in [-0.2, -0.15) is 0 Å². The van der Waals surface area contributed by atoms with Gasteiger partial charge in [0.05, 0.1) is 17.9 Å². The maximum atomic E-state index is 13.7. The Balaban J connectivity index is 2.04. The number of carboxylic acid groups (broad SMARTS) is 1. The summed E-state index contributed by atoms with van der Waals surface area (Å²) in [4.78, 5) is 22.9. The van der Waals surface area contributed by atoms with Crippen molar-refractivity contribution >= 4 is 17.7 Å². The Morgan fingerprint density at radius 3 is 2.86 bits per heavy atom. The second kappa shape index (κ2) is 6.53. The van der Waals surface area contributed by atoms with Crippen LogP contribution in [-0.4, -0.2) is 36.4 Å². The summed E-state index contributed by atoms with van der Waals surface area (Å²) in [6.45, 7) is 3.06. The van der Waals surface area contributed by atoms with Crippen LogP contribution in [0, 0.1) is 11.7 Å². The van der Waals surface area contributed by atoms with E-state index in [2.05, 4.69) is 10.6 Å². The number of halogens is 1. The van der Waals surface area contributed by atoms with E-state index in [0.717, 1.165) is 12.5 Å². The van der Waals surface area contributed by atoms with Crippen molar-refractivity contribution in [1.29, 1.82) is 0 Å². The summed E-state index contributed by atoms with van der Waals surface area (Å²) >= 11 is 0. The van der Waals surface area contributed by atoms with E-state index >= 15 is 0 Å². The maximum Gasteiger partial charge on any atom is 0.337 e. The third kappa shape index (κ3) is 3.69. The molecule has 2 atom stereocenters. The molecule has 3 N–H and O–H groups in total. The average Bonchev–Trinajstić information content (AvgIpc) is 2.94. The highest BCUT2D eigenvalue weighted by Gasteiger charge is 2.24. The average molecular weight is 296 g/mol. The van der Waals surface area contributed by atoms with Crippen LogP contribution in [0.3, 0.4) is 0 Å². The van der Waals surface area contributed by atoms with Crippen molar-refractivity contribution < 1.29 is 23.8 Å². The monoisotopic (exact) mass is 296 g/mol. The SMILES string of the molecule is CC(NC(=O)Nc1c(F)cccc1C(=O)O)C1CCOC1. The molecule has 1 aromatic carbocycles. The van der Waals surface area contributed by atoms with Crippen LogP contribution < -0.4 is 10.6 Å². The molecule has 0 bridgehead atoms. The molecule has 6 nitrogen and oxygen atoms in total. The van der Waals surface area contributed by atoms with Crippen LogP contribution >= 0.6 is 0 Å². The van der Waals surface area contributed by atoms with Gasteiger partial charge in [0.1, 0.15) is 5.82 Å². The van der Waals surface area contributed by atoms with E-state index in [4.69, 9.17) is 9.84 Å². The molecule has 0 spiro atoms. The number of anilines is 1. The van der Waals surface area contributed by atoms with Crippen molar-refractivity contribution in [1.82, 2.24) is 5.32 Å². The molecule has 2 amide bonds. The van der Waals surface area contributed by atoms with Crippen LogP contribution in [0.1, 0.15) is 23.7 Å². The van der Waals surface area contributed by atoms with Gasteiger partial charge in [-0.3, -0.25) is 0 Å². The van der Waals surface area contributed by atoms with Gasteiger partial charge in [0.25, 0.3) is 0 Å². The van der Waals surface area contributed by atoms with Gasteiger partial charge in [-0.25, -0.2) is 14.0 Å². The summed E-state index contributed by atoms with van der Waals surface area (Å²) in [7, 11) is 0. The smallest absolute Gasteiger partial charge is 0.337 e. The number of carbonyl (C=O) groups excluding carboxylic acids is 1. The number of nitrogens with one attached hydrogen (secondary N) is 2. The van der Waals surface area contributed by atoms with E-state index in [1.165, 1.54) is 12.1 Å².